The summed E-state index contributed by atoms with van der Waals surface area (Å²) in [4.78, 5) is 15.8. The van der Waals surface area contributed by atoms with Crippen LogP contribution in [0.5, 0.6) is 0 Å². The Hall–Kier alpha value is -1.87. The van der Waals surface area contributed by atoms with E-state index in [2.05, 4.69) is 16.5 Å². The van der Waals surface area contributed by atoms with Gasteiger partial charge in [0.05, 0.1) is 10.5 Å². The first-order valence-electron chi connectivity index (χ1n) is 6.20. The van der Waals surface area contributed by atoms with Crippen LogP contribution in [0.2, 0.25) is 5.02 Å². The number of aldehydes is 1. The van der Waals surface area contributed by atoms with Gasteiger partial charge in [-0.25, -0.2) is 4.98 Å². The molecule has 19 heavy (non-hydrogen) atoms. The molecule has 0 aliphatic carbocycles. The maximum atomic E-state index is 11.3. The highest BCUT2D eigenvalue weighted by atomic mass is 35.5. The van der Waals surface area contributed by atoms with Crippen LogP contribution in [0.4, 0.5) is 0 Å². The average molecular weight is 273 g/mol. The van der Waals surface area contributed by atoms with E-state index >= 15 is 0 Å². The largest absolute Gasteiger partial charge is 0.325 e. The molecule has 0 radical (unpaired) electrons. The van der Waals surface area contributed by atoms with Gasteiger partial charge < -0.3 is 4.57 Å². The number of pyridine rings is 1. The van der Waals surface area contributed by atoms with Gasteiger partial charge in [0, 0.05) is 28.6 Å². The number of hydrogen-bond acceptors (Lipinski definition) is 2. The van der Waals surface area contributed by atoms with Crippen LogP contribution in [0, 0.1) is 6.92 Å². The second-order valence-electron chi connectivity index (χ2n) is 4.55. The average Bonchev–Trinajstić information content (AvgIpc) is 2.71. The molecule has 3 rings (SSSR count). The zero-order chi connectivity index (χ0) is 13.6. The molecule has 0 amide bonds. The Morgan fingerprint density at radius 3 is 2.84 bits per heavy atom. The molecule has 0 aliphatic heterocycles. The van der Waals surface area contributed by atoms with Crippen molar-refractivity contribution in [2.24, 2.45) is 0 Å². The van der Waals surface area contributed by atoms with Crippen molar-refractivity contribution in [3.8, 4) is 0 Å². The number of aryl methyl sites for hydroxylation is 2. The van der Waals surface area contributed by atoms with Gasteiger partial charge in [0.15, 0.2) is 6.29 Å². The third-order valence-electron chi connectivity index (χ3n) is 3.39. The molecule has 4 heteroatoms. The fourth-order valence-electron chi connectivity index (χ4n) is 2.63. The van der Waals surface area contributed by atoms with E-state index in [4.69, 9.17) is 11.6 Å². The zero-order valence-electron chi connectivity index (χ0n) is 10.8. The lowest BCUT2D eigenvalue weighted by Gasteiger charge is -2.02. The standard InChI is InChI=1S/C15H13ClN2O/c1-3-18-12-6-4-5-10(8-19)13(12)14-11(16)7-9(2)17-15(14)18/h4-8H,3H2,1-2H3. The second kappa shape index (κ2) is 4.35. The van der Waals surface area contributed by atoms with Crippen LogP contribution in [-0.4, -0.2) is 15.8 Å². The Morgan fingerprint density at radius 1 is 1.37 bits per heavy atom. The van der Waals surface area contributed by atoms with Crippen molar-refractivity contribution in [3.63, 3.8) is 0 Å². The normalized spacial score (nSPS) is 11.3. The van der Waals surface area contributed by atoms with E-state index in [1.165, 1.54) is 0 Å². The molecule has 3 aromatic rings. The first kappa shape index (κ1) is 12.2. The lowest BCUT2D eigenvalue weighted by Crippen LogP contribution is -1.96. The highest BCUT2D eigenvalue weighted by molar-refractivity contribution is 6.38. The van der Waals surface area contributed by atoms with Crippen molar-refractivity contribution in [3.05, 3.63) is 40.5 Å². The molecule has 0 N–H and O–H groups in total. The Bertz CT molecular complexity index is 805. The number of benzene rings is 1. The van der Waals surface area contributed by atoms with Crippen molar-refractivity contribution in [1.82, 2.24) is 9.55 Å². The molecule has 0 saturated heterocycles. The van der Waals surface area contributed by atoms with E-state index in [1.54, 1.807) is 0 Å². The number of rotatable bonds is 2. The first-order chi connectivity index (χ1) is 9.17. The Morgan fingerprint density at radius 2 is 2.16 bits per heavy atom. The maximum absolute atomic E-state index is 11.3. The summed E-state index contributed by atoms with van der Waals surface area (Å²) >= 11 is 6.37. The van der Waals surface area contributed by atoms with Crippen molar-refractivity contribution in [2.75, 3.05) is 0 Å². The lowest BCUT2D eigenvalue weighted by molar-refractivity contribution is 0.112. The van der Waals surface area contributed by atoms with Crippen LogP contribution in [-0.2, 0) is 6.54 Å². The van der Waals surface area contributed by atoms with Crippen molar-refractivity contribution in [2.45, 2.75) is 20.4 Å². The summed E-state index contributed by atoms with van der Waals surface area (Å²) in [7, 11) is 0. The first-order valence-corrected chi connectivity index (χ1v) is 6.58. The number of aromatic nitrogens is 2. The minimum absolute atomic E-state index is 0.647. The minimum atomic E-state index is 0.647. The number of nitrogens with zero attached hydrogens (tertiary/aromatic N) is 2. The van der Waals surface area contributed by atoms with Gasteiger partial charge in [-0.15, -0.1) is 0 Å². The molecular formula is C15H13ClN2O. The lowest BCUT2D eigenvalue weighted by atomic mass is 10.1. The number of fused-ring (bicyclic) bond motifs is 3. The predicted molar refractivity (Wildman–Crippen MR) is 78.0 cm³/mol. The van der Waals surface area contributed by atoms with E-state index in [1.807, 2.05) is 31.2 Å². The van der Waals surface area contributed by atoms with E-state index in [9.17, 15) is 4.79 Å². The molecule has 0 unspecified atom stereocenters. The van der Waals surface area contributed by atoms with Gasteiger partial charge in [-0.05, 0) is 26.0 Å². The number of hydrogen-bond donors (Lipinski definition) is 0. The summed E-state index contributed by atoms with van der Waals surface area (Å²) in [5, 5.41) is 2.41. The molecule has 0 saturated carbocycles. The topological polar surface area (TPSA) is 34.9 Å². The molecule has 1 aromatic carbocycles. The van der Waals surface area contributed by atoms with E-state index in [0.29, 0.717) is 10.6 Å². The van der Waals surface area contributed by atoms with Crippen molar-refractivity contribution < 1.29 is 4.79 Å². The molecule has 0 aliphatic rings. The third-order valence-corrected chi connectivity index (χ3v) is 3.69. The zero-order valence-corrected chi connectivity index (χ0v) is 11.5. The molecule has 0 atom stereocenters. The molecule has 0 bridgehead atoms. The monoisotopic (exact) mass is 272 g/mol. The molecule has 0 fully saturated rings. The van der Waals surface area contributed by atoms with Gasteiger partial charge in [-0.1, -0.05) is 23.7 Å². The van der Waals surface area contributed by atoms with Crippen LogP contribution in [0.25, 0.3) is 21.9 Å². The van der Waals surface area contributed by atoms with Gasteiger partial charge in [0.25, 0.3) is 0 Å². The molecular weight excluding hydrogens is 260 g/mol. The molecule has 2 heterocycles. The van der Waals surface area contributed by atoms with Crippen LogP contribution >= 0.6 is 11.6 Å². The molecule has 0 spiro atoms. The maximum Gasteiger partial charge on any atom is 0.150 e. The summed E-state index contributed by atoms with van der Waals surface area (Å²) < 4.78 is 2.09. The summed E-state index contributed by atoms with van der Waals surface area (Å²) in [6, 6.07) is 7.53. The van der Waals surface area contributed by atoms with Gasteiger partial charge in [-0.3, -0.25) is 4.79 Å². The highest BCUT2D eigenvalue weighted by Gasteiger charge is 2.16. The predicted octanol–water partition coefficient (Wildman–Crippen LogP) is 3.98. The Balaban J connectivity index is 2.67. The smallest absolute Gasteiger partial charge is 0.150 e. The van der Waals surface area contributed by atoms with E-state index in [0.717, 1.165) is 40.5 Å². The van der Waals surface area contributed by atoms with Gasteiger partial charge in [0.1, 0.15) is 5.65 Å². The second-order valence-corrected chi connectivity index (χ2v) is 4.95. The van der Waals surface area contributed by atoms with Crippen LogP contribution in [0.3, 0.4) is 0 Å². The van der Waals surface area contributed by atoms with Gasteiger partial charge in [0.2, 0.25) is 0 Å². The summed E-state index contributed by atoms with van der Waals surface area (Å²) in [5.41, 5.74) is 3.38. The van der Waals surface area contributed by atoms with E-state index in [-0.39, 0.29) is 0 Å². The minimum Gasteiger partial charge on any atom is -0.325 e. The van der Waals surface area contributed by atoms with Crippen molar-refractivity contribution >= 4 is 39.8 Å². The van der Waals surface area contributed by atoms with Gasteiger partial charge >= 0.3 is 0 Å². The van der Waals surface area contributed by atoms with Gasteiger partial charge in [-0.2, -0.15) is 0 Å². The SMILES string of the molecule is CCn1c2cccc(C=O)c2c2c(Cl)cc(C)nc21. The van der Waals surface area contributed by atoms with Crippen LogP contribution in [0.1, 0.15) is 23.0 Å². The molecule has 2 aromatic heterocycles. The number of carbonyl (C=O) groups is 1. The number of halogens is 1. The Kier molecular flexibility index (Phi) is 2.79. The Labute approximate surface area is 115 Å². The quantitative estimate of drug-likeness (QED) is 0.661. The number of carbonyl (C=O) groups excluding carboxylic acids is 1. The summed E-state index contributed by atoms with van der Waals surface area (Å²) in [5.74, 6) is 0. The fourth-order valence-corrected chi connectivity index (χ4v) is 2.97. The van der Waals surface area contributed by atoms with Crippen molar-refractivity contribution in [1.29, 1.82) is 0 Å². The summed E-state index contributed by atoms with van der Waals surface area (Å²) in [6.07, 6.45) is 0.873. The van der Waals surface area contributed by atoms with Crippen LogP contribution in [0.15, 0.2) is 24.3 Å². The molecule has 96 valence electrons. The third kappa shape index (κ3) is 1.65. The van der Waals surface area contributed by atoms with Crippen LogP contribution < -0.4 is 0 Å². The van der Waals surface area contributed by atoms with E-state index < -0.39 is 0 Å². The summed E-state index contributed by atoms with van der Waals surface area (Å²) in [6.45, 7) is 4.77. The molecule has 3 nitrogen and oxygen atoms in total. The fraction of sp³-hybridized carbons (Fsp3) is 0.200. The highest BCUT2D eigenvalue weighted by Crippen LogP contribution is 2.35.